The molecule has 2 atom stereocenters. The molecule has 1 spiro atoms. The fraction of sp³-hybridized carbons (Fsp3) is 0.778. The number of nitrogens with one attached hydrogen (secondary N) is 2. The summed E-state index contributed by atoms with van der Waals surface area (Å²) in [5, 5.41) is 10.6. The van der Waals surface area contributed by atoms with Crippen LogP contribution in [0.3, 0.4) is 0 Å². The first kappa shape index (κ1) is 16.5. The number of hydrogen-bond acceptors (Lipinski definition) is 3. The molecule has 23 heavy (non-hydrogen) atoms. The van der Waals surface area contributed by atoms with Crippen LogP contribution < -0.4 is 5.32 Å². The molecule has 0 radical (unpaired) electrons. The maximum atomic E-state index is 12.7. The molecule has 2 heterocycles. The number of carbonyl (C=O) groups excluding carboxylic acids is 1. The summed E-state index contributed by atoms with van der Waals surface area (Å²) in [6, 6.07) is 0.327. The Morgan fingerprint density at radius 1 is 1.39 bits per heavy atom. The first-order valence-corrected chi connectivity index (χ1v) is 8.90. The Labute approximate surface area is 138 Å². The first-order valence-electron chi connectivity index (χ1n) is 8.90. The van der Waals surface area contributed by atoms with Gasteiger partial charge >= 0.3 is 0 Å². The van der Waals surface area contributed by atoms with Gasteiger partial charge in [0.2, 0.25) is 5.91 Å². The van der Waals surface area contributed by atoms with E-state index in [1.54, 1.807) is 0 Å². The maximum absolute atomic E-state index is 12.7. The van der Waals surface area contributed by atoms with Crippen molar-refractivity contribution in [3.8, 4) is 0 Å². The van der Waals surface area contributed by atoms with Crippen molar-refractivity contribution in [2.24, 2.45) is 11.3 Å². The highest BCUT2D eigenvalue weighted by Gasteiger charge is 2.44. The van der Waals surface area contributed by atoms with Crippen LogP contribution in [-0.2, 0) is 16.0 Å². The van der Waals surface area contributed by atoms with Gasteiger partial charge in [-0.05, 0) is 56.9 Å². The molecular formula is C18H29N3O2. The van der Waals surface area contributed by atoms with Crippen molar-refractivity contribution in [1.29, 1.82) is 0 Å². The van der Waals surface area contributed by atoms with E-state index in [0.717, 1.165) is 50.3 Å². The van der Waals surface area contributed by atoms with Gasteiger partial charge < -0.3 is 10.1 Å². The highest BCUT2D eigenvalue weighted by Crippen LogP contribution is 2.46. The molecule has 1 aromatic heterocycles. The molecule has 2 fully saturated rings. The molecule has 3 rings (SSSR count). The number of aryl methyl sites for hydroxylation is 2. The molecule has 1 aliphatic carbocycles. The highest BCUT2D eigenvalue weighted by molar-refractivity contribution is 5.79. The molecule has 2 aliphatic rings. The van der Waals surface area contributed by atoms with Crippen LogP contribution in [0.2, 0.25) is 0 Å². The topological polar surface area (TPSA) is 67.0 Å². The molecule has 5 nitrogen and oxygen atoms in total. The zero-order chi connectivity index (χ0) is 16.4. The Balaban J connectivity index is 1.62. The fourth-order valence-corrected chi connectivity index (χ4v) is 4.33. The van der Waals surface area contributed by atoms with E-state index in [9.17, 15) is 4.79 Å². The van der Waals surface area contributed by atoms with Gasteiger partial charge in [-0.15, -0.1) is 0 Å². The quantitative estimate of drug-likeness (QED) is 0.896. The molecule has 2 unspecified atom stereocenters. The van der Waals surface area contributed by atoms with E-state index in [2.05, 4.69) is 15.5 Å². The second-order valence-corrected chi connectivity index (χ2v) is 7.45. The Bertz CT molecular complexity index is 541. The summed E-state index contributed by atoms with van der Waals surface area (Å²) in [6.07, 6.45) is 6.50. The lowest BCUT2D eigenvalue weighted by Crippen LogP contribution is -2.48. The smallest absolute Gasteiger partial charge is 0.223 e. The minimum atomic E-state index is -0.0255. The van der Waals surface area contributed by atoms with Gasteiger partial charge in [-0.25, -0.2) is 0 Å². The molecule has 1 aromatic rings. The van der Waals surface area contributed by atoms with Crippen molar-refractivity contribution in [3.05, 3.63) is 17.0 Å². The summed E-state index contributed by atoms with van der Waals surface area (Å²) >= 11 is 0. The standard InChI is InChI=1S/C18H29N3O2/c1-12(11-15-13(2)20-21-14(15)3)17(22)19-16-5-4-6-18(16)7-9-23-10-8-18/h12,16H,4-11H2,1-3H3,(H,19,22)(H,20,21). The Hall–Kier alpha value is -1.36. The number of aromatic nitrogens is 2. The molecule has 1 saturated heterocycles. The predicted molar refractivity (Wildman–Crippen MR) is 89.2 cm³/mol. The SMILES string of the molecule is Cc1n[nH]c(C)c1CC(C)C(=O)NC1CCCC12CCOCC2. The molecular weight excluding hydrogens is 290 g/mol. The molecule has 0 bridgehead atoms. The van der Waals surface area contributed by atoms with Crippen LogP contribution in [0, 0.1) is 25.2 Å². The average Bonchev–Trinajstić information content (AvgIpc) is 3.06. The largest absolute Gasteiger partial charge is 0.381 e. The summed E-state index contributed by atoms with van der Waals surface area (Å²) in [6.45, 7) is 7.73. The van der Waals surface area contributed by atoms with Crippen LogP contribution >= 0.6 is 0 Å². The van der Waals surface area contributed by atoms with E-state index in [-0.39, 0.29) is 17.2 Å². The van der Waals surface area contributed by atoms with E-state index >= 15 is 0 Å². The summed E-state index contributed by atoms with van der Waals surface area (Å²) in [4.78, 5) is 12.7. The molecule has 1 saturated carbocycles. The third-order valence-electron chi connectivity index (χ3n) is 5.95. The molecule has 1 aliphatic heterocycles. The van der Waals surface area contributed by atoms with Gasteiger partial charge in [0.05, 0.1) is 5.69 Å². The monoisotopic (exact) mass is 319 g/mol. The van der Waals surface area contributed by atoms with E-state index in [0.29, 0.717) is 6.04 Å². The van der Waals surface area contributed by atoms with Gasteiger partial charge in [-0.2, -0.15) is 5.10 Å². The summed E-state index contributed by atoms with van der Waals surface area (Å²) in [5.74, 6) is 0.158. The van der Waals surface area contributed by atoms with Crippen molar-refractivity contribution < 1.29 is 9.53 Å². The van der Waals surface area contributed by atoms with E-state index in [1.807, 2.05) is 20.8 Å². The second kappa shape index (κ2) is 6.63. The molecule has 1 amide bonds. The Morgan fingerprint density at radius 2 is 2.13 bits per heavy atom. The van der Waals surface area contributed by atoms with Gasteiger partial charge in [0.15, 0.2) is 0 Å². The van der Waals surface area contributed by atoms with E-state index < -0.39 is 0 Å². The Kier molecular flexibility index (Phi) is 4.76. The number of nitrogens with zero attached hydrogens (tertiary/aromatic N) is 1. The van der Waals surface area contributed by atoms with Crippen molar-refractivity contribution in [2.45, 2.75) is 65.3 Å². The second-order valence-electron chi connectivity index (χ2n) is 7.45. The van der Waals surface area contributed by atoms with Gasteiger partial charge in [0, 0.05) is 30.9 Å². The number of aromatic amines is 1. The van der Waals surface area contributed by atoms with Crippen LogP contribution in [0.15, 0.2) is 0 Å². The molecule has 2 N–H and O–H groups in total. The average molecular weight is 319 g/mol. The lowest BCUT2D eigenvalue weighted by atomic mass is 9.75. The predicted octanol–water partition coefficient (Wildman–Crippen LogP) is 2.67. The van der Waals surface area contributed by atoms with Crippen molar-refractivity contribution in [2.75, 3.05) is 13.2 Å². The lowest BCUT2D eigenvalue weighted by molar-refractivity contribution is -0.126. The number of rotatable bonds is 4. The highest BCUT2D eigenvalue weighted by atomic mass is 16.5. The van der Waals surface area contributed by atoms with Gasteiger partial charge in [-0.3, -0.25) is 9.89 Å². The zero-order valence-corrected chi connectivity index (χ0v) is 14.6. The Morgan fingerprint density at radius 3 is 2.78 bits per heavy atom. The van der Waals surface area contributed by atoms with Crippen molar-refractivity contribution in [3.63, 3.8) is 0 Å². The van der Waals surface area contributed by atoms with Gasteiger partial charge in [0.1, 0.15) is 0 Å². The minimum Gasteiger partial charge on any atom is -0.381 e. The molecule has 0 aromatic carbocycles. The zero-order valence-electron chi connectivity index (χ0n) is 14.6. The summed E-state index contributed by atoms with van der Waals surface area (Å²) in [7, 11) is 0. The minimum absolute atomic E-state index is 0.0255. The van der Waals surface area contributed by atoms with Crippen LogP contribution in [0.25, 0.3) is 0 Å². The van der Waals surface area contributed by atoms with Crippen LogP contribution in [-0.4, -0.2) is 35.4 Å². The summed E-state index contributed by atoms with van der Waals surface area (Å²) in [5.41, 5.74) is 3.54. The van der Waals surface area contributed by atoms with E-state index in [1.165, 1.54) is 18.4 Å². The van der Waals surface area contributed by atoms with Crippen LogP contribution in [0.5, 0.6) is 0 Å². The number of carbonyl (C=O) groups is 1. The van der Waals surface area contributed by atoms with Gasteiger partial charge in [0.25, 0.3) is 0 Å². The van der Waals surface area contributed by atoms with Crippen molar-refractivity contribution in [1.82, 2.24) is 15.5 Å². The van der Waals surface area contributed by atoms with Gasteiger partial charge in [-0.1, -0.05) is 13.3 Å². The molecule has 128 valence electrons. The van der Waals surface area contributed by atoms with Crippen LogP contribution in [0.1, 0.15) is 56.0 Å². The lowest BCUT2D eigenvalue weighted by Gasteiger charge is -2.39. The normalized spacial score (nSPS) is 24.7. The molecule has 5 heteroatoms. The number of hydrogen-bond donors (Lipinski definition) is 2. The third-order valence-corrected chi connectivity index (χ3v) is 5.95. The number of amides is 1. The first-order chi connectivity index (χ1) is 11.0. The number of H-pyrrole nitrogens is 1. The fourth-order valence-electron chi connectivity index (χ4n) is 4.33. The maximum Gasteiger partial charge on any atom is 0.223 e. The van der Waals surface area contributed by atoms with E-state index in [4.69, 9.17) is 4.74 Å². The van der Waals surface area contributed by atoms with Crippen LogP contribution in [0.4, 0.5) is 0 Å². The van der Waals surface area contributed by atoms with Crippen molar-refractivity contribution >= 4 is 5.91 Å². The summed E-state index contributed by atoms with van der Waals surface area (Å²) < 4.78 is 5.53. The number of ether oxygens (including phenoxy) is 1. The third kappa shape index (κ3) is 3.30.